The molecule has 1 amide bonds. The second kappa shape index (κ2) is 8.52. The zero-order chi connectivity index (χ0) is 20.3. The van der Waals surface area contributed by atoms with Crippen LogP contribution in [0.25, 0.3) is 0 Å². The topological polar surface area (TPSA) is 100 Å². The van der Waals surface area contributed by atoms with Gasteiger partial charge in [0.2, 0.25) is 0 Å². The smallest absolute Gasteiger partial charge is 0.270 e. The lowest BCUT2D eigenvalue weighted by Gasteiger charge is -2.26. The molecule has 8 heteroatoms. The fourth-order valence-electron chi connectivity index (χ4n) is 3.79. The van der Waals surface area contributed by atoms with E-state index in [2.05, 4.69) is 25.2 Å². The van der Waals surface area contributed by atoms with E-state index >= 15 is 0 Å². The van der Waals surface area contributed by atoms with Crippen LogP contribution in [0.15, 0.2) is 17.2 Å². The summed E-state index contributed by atoms with van der Waals surface area (Å²) in [6, 6.07) is 2.14. The lowest BCUT2D eigenvalue weighted by molar-refractivity contribution is 0.0945. The van der Waals surface area contributed by atoms with Crippen LogP contribution in [0, 0.1) is 20.8 Å². The van der Waals surface area contributed by atoms with E-state index in [1.54, 1.807) is 7.11 Å². The number of anilines is 1. The lowest BCUT2D eigenvalue weighted by atomic mass is 10.1. The molecule has 0 aliphatic carbocycles. The van der Waals surface area contributed by atoms with Crippen LogP contribution in [-0.2, 0) is 11.3 Å². The Labute approximate surface area is 164 Å². The second-order valence-corrected chi connectivity index (χ2v) is 7.24. The molecule has 1 aliphatic heterocycles. The average molecular weight is 385 g/mol. The van der Waals surface area contributed by atoms with Crippen LogP contribution in [0.4, 0.5) is 5.82 Å². The van der Waals surface area contributed by atoms with Crippen molar-refractivity contribution in [1.29, 1.82) is 0 Å². The van der Waals surface area contributed by atoms with Crippen molar-refractivity contribution in [2.75, 3.05) is 25.2 Å². The van der Waals surface area contributed by atoms with Crippen molar-refractivity contribution in [1.82, 2.24) is 20.3 Å². The van der Waals surface area contributed by atoms with Gasteiger partial charge in [-0.2, -0.15) is 0 Å². The molecule has 1 atom stereocenters. The summed E-state index contributed by atoms with van der Waals surface area (Å²) in [6.07, 6.45) is 3.52. The highest BCUT2D eigenvalue weighted by molar-refractivity contribution is 5.94. The molecular weight excluding hydrogens is 358 g/mol. The van der Waals surface area contributed by atoms with Crippen molar-refractivity contribution in [2.45, 2.75) is 46.2 Å². The van der Waals surface area contributed by atoms with Crippen molar-refractivity contribution < 1.29 is 9.53 Å². The number of rotatable bonds is 6. The standard InChI is InChI=1S/C20H27N5O3/c1-12-8-13(2)24-19(26)16(12)9-21-20(27)17-14(3)18(23-11-22-17)25-7-5-6-15(25)10-28-4/h8,11,15H,5-7,9-10H2,1-4H3,(H,21,27)(H,24,26)/t15-/m1/s1. The number of ether oxygens (including phenoxy) is 1. The molecule has 0 spiro atoms. The molecular formula is C20H27N5O3. The third-order valence-electron chi connectivity index (χ3n) is 5.20. The molecule has 0 saturated carbocycles. The molecule has 0 bridgehead atoms. The number of H-pyrrole nitrogens is 1. The summed E-state index contributed by atoms with van der Waals surface area (Å²) < 4.78 is 5.32. The third-order valence-corrected chi connectivity index (χ3v) is 5.20. The number of carbonyl (C=O) groups excluding carboxylic acids is 1. The Balaban J connectivity index is 1.79. The van der Waals surface area contributed by atoms with E-state index in [1.165, 1.54) is 6.33 Å². The molecule has 2 aromatic rings. The Morgan fingerprint density at radius 2 is 2.14 bits per heavy atom. The number of carbonyl (C=O) groups is 1. The Morgan fingerprint density at radius 3 is 2.86 bits per heavy atom. The number of aromatic nitrogens is 3. The summed E-state index contributed by atoms with van der Waals surface area (Å²) in [5.74, 6) is 0.451. The van der Waals surface area contributed by atoms with Gasteiger partial charge in [-0.3, -0.25) is 9.59 Å². The third kappa shape index (κ3) is 4.06. The minimum Gasteiger partial charge on any atom is -0.383 e. The Morgan fingerprint density at radius 1 is 1.36 bits per heavy atom. The zero-order valence-corrected chi connectivity index (χ0v) is 16.8. The summed E-state index contributed by atoms with van der Waals surface area (Å²) in [6.45, 7) is 7.20. The Bertz CT molecular complexity index is 925. The van der Waals surface area contributed by atoms with Crippen LogP contribution in [0.2, 0.25) is 0 Å². The molecule has 3 rings (SSSR count). The molecule has 150 valence electrons. The van der Waals surface area contributed by atoms with E-state index in [9.17, 15) is 9.59 Å². The molecule has 0 aromatic carbocycles. The van der Waals surface area contributed by atoms with Crippen molar-refractivity contribution in [2.24, 2.45) is 0 Å². The van der Waals surface area contributed by atoms with E-state index in [0.717, 1.165) is 42.0 Å². The largest absolute Gasteiger partial charge is 0.383 e. The molecule has 1 aliphatic rings. The van der Waals surface area contributed by atoms with Gasteiger partial charge in [-0.15, -0.1) is 0 Å². The first-order valence-electron chi connectivity index (χ1n) is 9.47. The molecule has 0 unspecified atom stereocenters. The van der Waals surface area contributed by atoms with Gasteiger partial charge in [0.25, 0.3) is 11.5 Å². The van der Waals surface area contributed by atoms with Gasteiger partial charge in [0.05, 0.1) is 12.6 Å². The van der Waals surface area contributed by atoms with Gasteiger partial charge in [-0.1, -0.05) is 0 Å². The maximum atomic E-state index is 12.7. The maximum Gasteiger partial charge on any atom is 0.270 e. The van der Waals surface area contributed by atoms with Crippen LogP contribution < -0.4 is 15.8 Å². The quantitative estimate of drug-likeness (QED) is 0.784. The predicted molar refractivity (Wildman–Crippen MR) is 107 cm³/mol. The number of hydrogen-bond acceptors (Lipinski definition) is 6. The summed E-state index contributed by atoms with van der Waals surface area (Å²) >= 11 is 0. The average Bonchev–Trinajstić information content (AvgIpc) is 3.09. The van der Waals surface area contributed by atoms with Crippen molar-refractivity contribution >= 4 is 11.7 Å². The van der Waals surface area contributed by atoms with E-state index in [4.69, 9.17) is 4.74 Å². The maximum absolute atomic E-state index is 12.7. The molecule has 2 N–H and O–H groups in total. The number of pyridine rings is 1. The normalized spacial score (nSPS) is 16.4. The number of aryl methyl sites for hydroxylation is 2. The second-order valence-electron chi connectivity index (χ2n) is 7.24. The van der Waals surface area contributed by atoms with Crippen molar-refractivity contribution in [3.63, 3.8) is 0 Å². The molecule has 1 saturated heterocycles. The minimum atomic E-state index is -0.317. The highest BCUT2D eigenvalue weighted by atomic mass is 16.5. The predicted octanol–water partition coefficient (Wildman–Crippen LogP) is 1.64. The van der Waals surface area contributed by atoms with Gasteiger partial charge < -0.3 is 19.9 Å². The van der Waals surface area contributed by atoms with E-state index < -0.39 is 0 Å². The van der Waals surface area contributed by atoms with Crippen LogP contribution in [0.3, 0.4) is 0 Å². The SMILES string of the molecule is COC[C@H]1CCCN1c1ncnc(C(=O)NCc2c(C)cc(C)[nH]c2=O)c1C. The number of hydrogen-bond donors (Lipinski definition) is 2. The summed E-state index contributed by atoms with van der Waals surface area (Å²) in [5, 5.41) is 2.82. The van der Waals surface area contributed by atoms with Crippen LogP contribution in [0.5, 0.6) is 0 Å². The zero-order valence-electron chi connectivity index (χ0n) is 16.8. The van der Waals surface area contributed by atoms with Crippen molar-refractivity contribution in [3.05, 3.63) is 50.8 Å². The highest BCUT2D eigenvalue weighted by Crippen LogP contribution is 2.27. The fraction of sp³-hybridized carbons (Fsp3) is 0.500. The van der Waals surface area contributed by atoms with Gasteiger partial charge in [-0.25, -0.2) is 9.97 Å². The summed E-state index contributed by atoms with van der Waals surface area (Å²) in [4.78, 5) is 38.5. The van der Waals surface area contributed by atoms with Crippen LogP contribution in [0.1, 0.15) is 45.7 Å². The number of aromatic amines is 1. The monoisotopic (exact) mass is 385 g/mol. The molecule has 2 aromatic heterocycles. The molecule has 28 heavy (non-hydrogen) atoms. The number of methoxy groups -OCH3 is 1. The molecule has 3 heterocycles. The number of amides is 1. The molecule has 8 nitrogen and oxygen atoms in total. The summed E-state index contributed by atoms with van der Waals surface area (Å²) in [7, 11) is 1.69. The van der Waals surface area contributed by atoms with Crippen LogP contribution >= 0.6 is 0 Å². The van der Waals surface area contributed by atoms with Gasteiger partial charge >= 0.3 is 0 Å². The molecule has 1 fully saturated rings. The molecule has 0 radical (unpaired) electrons. The Kier molecular flexibility index (Phi) is 6.08. The number of nitrogens with zero attached hydrogens (tertiary/aromatic N) is 3. The van der Waals surface area contributed by atoms with E-state index in [1.807, 2.05) is 26.8 Å². The first-order valence-corrected chi connectivity index (χ1v) is 9.47. The van der Waals surface area contributed by atoms with E-state index in [-0.39, 0.29) is 24.1 Å². The Hall–Kier alpha value is -2.74. The fourth-order valence-corrected chi connectivity index (χ4v) is 3.79. The van der Waals surface area contributed by atoms with Crippen molar-refractivity contribution in [3.8, 4) is 0 Å². The van der Waals surface area contributed by atoms with E-state index in [0.29, 0.717) is 17.9 Å². The highest BCUT2D eigenvalue weighted by Gasteiger charge is 2.28. The lowest BCUT2D eigenvalue weighted by Crippen LogP contribution is -2.35. The minimum absolute atomic E-state index is 0.148. The van der Waals surface area contributed by atoms with Crippen LogP contribution in [-0.4, -0.2) is 47.2 Å². The summed E-state index contributed by atoms with van der Waals surface area (Å²) in [5.41, 5.74) is 3.07. The van der Waals surface area contributed by atoms with Gasteiger partial charge in [0.1, 0.15) is 17.8 Å². The van der Waals surface area contributed by atoms with Gasteiger partial charge in [-0.05, 0) is 45.2 Å². The van der Waals surface area contributed by atoms with Gasteiger partial charge in [0, 0.05) is 37.0 Å². The number of nitrogens with one attached hydrogen (secondary N) is 2. The first-order chi connectivity index (χ1) is 13.4. The first kappa shape index (κ1) is 20.0. The van der Waals surface area contributed by atoms with Gasteiger partial charge in [0.15, 0.2) is 0 Å².